The van der Waals surface area contributed by atoms with Gasteiger partial charge in [-0.15, -0.1) is 0 Å². The van der Waals surface area contributed by atoms with E-state index in [1.54, 1.807) is 21.9 Å². The van der Waals surface area contributed by atoms with Crippen molar-refractivity contribution in [1.82, 2.24) is 14.8 Å². The minimum Gasteiger partial charge on any atom is -0.356 e. The van der Waals surface area contributed by atoms with Crippen molar-refractivity contribution in [3.63, 3.8) is 0 Å². The molecule has 2 amide bonds. The summed E-state index contributed by atoms with van der Waals surface area (Å²) in [6.07, 6.45) is 0.389. The fourth-order valence-corrected chi connectivity index (χ4v) is 5.53. The number of carbonyl (C=O) groups excluding carboxylic acids is 2. The van der Waals surface area contributed by atoms with Gasteiger partial charge < -0.3 is 14.8 Å². The van der Waals surface area contributed by atoms with Crippen molar-refractivity contribution in [2.45, 2.75) is 32.0 Å². The summed E-state index contributed by atoms with van der Waals surface area (Å²) in [5.74, 6) is -0.283. The molecule has 180 valence electrons. The largest absolute Gasteiger partial charge is 0.356 e. The molecule has 2 aliphatic heterocycles. The van der Waals surface area contributed by atoms with Gasteiger partial charge in [0.2, 0.25) is 11.8 Å². The van der Waals surface area contributed by atoms with E-state index < -0.39 is 17.0 Å². The molecular weight excluding hydrogens is 456 g/mol. The molecule has 1 fully saturated rings. The van der Waals surface area contributed by atoms with Gasteiger partial charge in [0, 0.05) is 41.7 Å². The molecule has 1 aromatic heterocycles. The zero-order chi connectivity index (χ0) is 25.0. The first kappa shape index (κ1) is 22.0. The standard InChI is InChI=1S/C28H24N4O4/c1-17-9-11-18(12-10-17)15-30-16-25(33)31-24(28(30)34)14-22-21-7-2-3-8-23(21)29-26(22)27(31)19-5-4-6-20(13-19)32(35)36/h2-13,24,27,29H,14-16H2,1H3/t24-,27+/m0/s1. The average Bonchev–Trinajstić information content (AvgIpc) is 3.25. The molecular formula is C28H24N4O4. The minimum atomic E-state index is -0.687. The second-order valence-corrected chi connectivity index (χ2v) is 9.52. The number of nitrogens with zero attached hydrogens (tertiary/aromatic N) is 3. The van der Waals surface area contributed by atoms with Gasteiger partial charge in [-0.3, -0.25) is 19.7 Å². The maximum absolute atomic E-state index is 13.8. The molecule has 0 unspecified atom stereocenters. The smallest absolute Gasteiger partial charge is 0.269 e. The summed E-state index contributed by atoms with van der Waals surface area (Å²) in [5.41, 5.74) is 5.34. The lowest BCUT2D eigenvalue weighted by Gasteiger charge is -2.47. The lowest BCUT2D eigenvalue weighted by atomic mass is 9.86. The van der Waals surface area contributed by atoms with E-state index in [4.69, 9.17) is 0 Å². The Morgan fingerprint density at radius 1 is 1.03 bits per heavy atom. The van der Waals surface area contributed by atoms with Crippen LogP contribution < -0.4 is 0 Å². The van der Waals surface area contributed by atoms with Gasteiger partial charge in [-0.2, -0.15) is 0 Å². The Kier molecular flexibility index (Phi) is 5.10. The van der Waals surface area contributed by atoms with Crippen molar-refractivity contribution in [1.29, 1.82) is 0 Å². The fourth-order valence-electron chi connectivity index (χ4n) is 5.53. The molecule has 0 saturated carbocycles. The molecule has 8 nitrogen and oxygen atoms in total. The molecule has 0 radical (unpaired) electrons. The summed E-state index contributed by atoms with van der Waals surface area (Å²) in [4.78, 5) is 45.2. The number of para-hydroxylation sites is 1. The number of hydrogen-bond donors (Lipinski definition) is 1. The van der Waals surface area contributed by atoms with E-state index in [1.807, 2.05) is 55.5 Å². The summed E-state index contributed by atoms with van der Waals surface area (Å²) in [7, 11) is 0. The Hall–Kier alpha value is -4.46. The predicted octanol–water partition coefficient (Wildman–Crippen LogP) is 4.27. The Bertz CT molecular complexity index is 1520. The van der Waals surface area contributed by atoms with E-state index in [2.05, 4.69) is 4.98 Å². The number of carbonyl (C=O) groups is 2. The number of rotatable bonds is 4. The predicted molar refractivity (Wildman–Crippen MR) is 134 cm³/mol. The molecule has 8 heteroatoms. The SMILES string of the molecule is Cc1ccc(CN2CC(=O)N3[C@H](c4cccc([N+](=O)[O-])c4)c4[nH]c5ccccc5c4C[C@H]3C2=O)cc1. The summed E-state index contributed by atoms with van der Waals surface area (Å²) in [5, 5.41) is 12.5. The Morgan fingerprint density at radius 3 is 2.58 bits per heavy atom. The molecule has 4 aromatic rings. The fraction of sp³-hybridized carbons (Fsp3) is 0.214. The highest BCUT2D eigenvalue weighted by Crippen LogP contribution is 2.43. The third-order valence-corrected chi connectivity index (χ3v) is 7.23. The number of nitro benzene ring substituents is 1. The van der Waals surface area contributed by atoms with Gasteiger partial charge in [-0.1, -0.05) is 60.2 Å². The van der Waals surface area contributed by atoms with Crippen LogP contribution in [0.4, 0.5) is 5.69 Å². The highest BCUT2D eigenvalue weighted by atomic mass is 16.6. The Labute approximate surface area is 207 Å². The van der Waals surface area contributed by atoms with Crippen LogP contribution in [0, 0.1) is 17.0 Å². The van der Waals surface area contributed by atoms with E-state index in [9.17, 15) is 19.7 Å². The van der Waals surface area contributed by atoms with Crippen LogP contribution in [0.25, 0.3) is 10.9 Å². The van der Waals surface area contributed by atoms with Crippen LogP contribution in [0.2, 0.25) is 0 Å². The van der Waals surface area contributed by atoms with Crippen LogP contribution in [0.1, 0.15) is 34.0 Å². The van der Waals surface area contributed by atoms with E-state index in [0.717, 1.165) is 33.3 Å². The number of nitrogens with one attached hydrogen (secondary N) is 1. The average molecular weight is 481 g/mol. The number of aryl methyl sites for hydroxylation is 1. The molecule has 0 spiro atoms. The third kappa shape index (κ3) is 3.53. The number of hydrogen-bond acceptors (Lipinski definition) is 4. The number of non-ortho nitro benzene ring substituents is 1. The number of piperazine rings is 1. The van der Waals surface area contributed by atoms with Crippen LogP contribution in [0.5, 0.6) is 0 Å². The van der Waals surface area contributed by atoms with Crippen molar-refractivity contribution in [3.8, 4) is 0 Å². The Morgan fingerprint density at radius 2 is 1.81 bits per heavy atom. The van der Waals surface area contributed by atoms with E-state index in [-0.39, 0.29) is 24.0 Å². The first-order valence-corrected chi connectivity index (χ1v) is 11.9. The maximum atomic E-state index is 13.8. The van der Waals surface area contributed by atoms with Gasteiger partial charge in [0.15, 0.2) is 0 Å². The second kappa shape index (κ2) is 8.34. The van der Waals surface area contributed by atoms with Gasteiger partial charge in [0.25, 0.3) is 5.69 Å². The van der Waals surface area contributed by atoms with Crippen LogP contribution in [-0.4, -0.2) is 44.1 Å². The molecule has 0 bridgehead atoms. The molecule has 0 aliphatic carbocycles. The van der Waals surface area contributed by atoms with Gasteiger partial charge in [0.05, 0.1) is 11.0 Å². The number of fused-ring (bicyclic) bond motifs is 4. The normalized spacial score (nSPS) is 19.4. The van der Waals surface area contributed by atoms with Crippen molar-refractivity contribution in [3.05, 3.63) is 111 Å². The minimum absolute atomic E-state index is 0.0375. The zero-order valence-corrected chi connectivity index (χ0v) is 19.7. The lowest BCUT2D eigenvalue weighted by molar-refractivity contribution is -0.384. The van der Waals surface area contributed by atoms with Crippen LogP contribution in [0.3, 0.4) is 0 Å². The Balaban J connectivity index is 1.46. The number of nitro groups is 1. The molecule has 3 aromatic carbocycles. The first-order valence-electron chi connectivity index (χ1n) is 11.9. The molecule has 1 saturated heterocycles. The van der Waals surface area contributed by atoms with Crippen molar-refractivity contribution in [2.24, 2.45) is 0 Å². The van der Waals surface area contributed by atoms with E-state index in [0.29, 0.717) is 18.5 Å². The monoisotopic (exact) mass is 480 g/mol. The van der Waals surface area contributed by atoms with Gasteiger partial charge in [-0.05, 0) is 29.7 Å². The molecule has 2 aliphatic rings. The van der Waals surface area contributed by atoms with Crippen LogP contribution >= 0.6 is 0 Å². The highest BCUT2D eigenvalue weighted by molar-refractivity contribution is 5.97. The van der Waals surface area contributed by atoms with Crippen molar-refractivity contribution in [2.75, 3.05) is 6.54 Å². The maximum Gasteiger partial charge on any atom is 0.269 e. The molecule has 3 heterocycles. The van der Waals surface area contributed by atoms with Gasteiger partial charge in [-0.25, -0.2) is 0 Å². The summed E-state index contributed by atoms with van der Waals surface area (Å²) < 4.78 is 0. The first-order chi connectivity index (χ1) is 17.4. The van der Waals surface area contributed by atoms with Crippen molar-refractivity contribution >= 4 is 28.4 Å². The topological polar surface area (TPSA) is 99.5 Å². The van der Waals surface area contributed by atoms with Crippen LogP contribution in [0.15, 0.2) is 72.8 Å². The van der Waals surface area contributed by atoms with Gasteiger partial charge in [0.1, 0.15) is 12.6 Å². The number of amides is 2. The highest BCUT2D eigenvalue weighted by Gasteiger charge is 2.48. The molecule has 1 N–H and O–H groups in total. The number of benzene rings is 3. The lowest BCUT2D eigenvalue weighted by Crippen LogP contribution is -2.62. The third-order valence-electron chi connectivity index (χ3n) is 7.23. The molecule has 36 heavy (non-hydrogen) atoms. The number of aromatic nitrogens is 1. The van der Waals surface area contributed by atoms with E-state index in [1.165, 1.54) is 12.1 Å². The van der Waals surface area contributed by atoms with Gasteiger partial charge >= 0.3 is 0 Å². The second-order valence-electron chi connectivity index (χ2n) is 9.52. The van der Waals surface area contributed by atoms with E-state index >= 15 is 0 Å². The number of aromatic amines is 1. The summed E-state index contributed by atoms with van der Waals surface area (Å²) >= 11 is 0. The summed E-state index contributed by atoms with van der Waals surface area (Å²) in [6.45, 7) is 2.33. The molecule has 6 rings (SSSR count). The zero-order valence-electron chi connectivity index (χ0n) is 19.7. The number of H-pyrrole nitrogens is 1. The van der Waals surface area contributed by atoms with Crippen molar-refractivity contribution < 1.29 is 14.5 Å². The van der Waals surface area contributed by atoms with Crippen LogP contribution in [-0.2, 0) is 22.6 Å². The molecule has 2 atom stereocenters. The summed E-state index contributed by atoms with van der Waals surface area (Å²) in [6, 6.07) is 20.8. The quantitative estimate of drug-likeness (QED) is 0.348.